The summed E-state index contributed by atoms with van der Waals surface area (Å²) < 4.78 is 41.2. The number of hydrogen-bond acceptors (Lipinski definition) is 4. The van der Waals surface area contributed by atoms with Crippen LogP contribution in [0.3, 0.4) is 0 Å². The molecule has 0 saturated heterocycles. The summed E-state index contributed by atoms with van der Waals surface area (Å²) >= 11 is 0. The molecule has 0 radical (unpaired) electrons. The van der Waals surface area contributed by atoms with Crippen LogP contribution in [0, 0.1) is 0 Å². The predicted molar refractivity (Wildman–Crippen MR) is 52.3 cm³/mol. The van der Waals surface area contributed by atoms with E-state index in [9.17, 15) is 13.2 Å². The minimum atomic E-state index is -4.41. The van der Waals surface area contributed by atoms with Crippen LogP contribution < -0.4 is 10.1 Å². The second kappa shape index (κ2) is 5.00. The highest BCUT2D eigenvalue weighted by atomic mass is 19.4. The largest absolute Gasteiger partial charge is 0.464 e. The van der Waals surface area contributed by atoms with E-state index >= 15 is 0 Å². The molecule has 0 aliphatic carbocycles. The first-order valence-electron chi connectivity index (χ1n) is 4.72. The molecule has 1 atom stereocenters. The van der Waals surface area contributed by atoms with Gasteiger partial charge in [-0.2, -0.15) is 18.2 Å². The molecule has 1 N–H and O–H groups in total. The Bertz CT molecular complexity index is 343. The van der Waals surface area contributed by atoms with E-state index in [1.54, 1.807) is 0 Å². The van der Waals surface area contributed by atoms with Crippen molar-refractivity contribution in [3.8, 4) is 5.88 Å². The molecule has 1 rings (SSSR count). The van der Waals surface area contributed by atoms with E-state index in [2.05, 4.69) is 20.0 Å². The Morgan fingerprint density at radius 1 is 1.44 bits per heavy atom. The van der Waals surface area contributed by atoms with Gasteiger partial charge in [-0.3, -0.25) is 4.98 Å². The van der Waals surface area contributed by atoms with Gasteiger partial charge in [0.15, 0.2) is 6.10 Å². The number of nitrogens with one attached hydrogen (secondary N) is 1. The highest BCUT2D eigenvalue weighted by Gasteiger charge is 2.38. The molecule has 7 heteroatoms. The number of rotatable bonds is 4. The van der Waals surface area contributed by atoms with Crippen LogP contribution in [0.5, 0.6) is 5.88 Å². The third-order valence-electron chi connectivity index (χ3n) is 1.73. The summed E-state index contributed by atoms with van der Waals surface area (Å²) in [6.45, 7) is 3.36. The maximum absolute atomic E-state index is 12.2. The molecule has 0 aromatic carbocycles. The fourth-order valence-corrected chi connectivity index (χ4v) is 0.919. The van der Waals surface area contributed by atoms with E-state index in [0.29, 0.717) is 12.4 Å². The molecule has 0 bridgehead atoms. The molecule has 90 valence electrons. The molecule has 4 nitrogen and oxygen atoms in total. The number of alkyl halides is 3. The second-order valence-electron chi connectivity index (χ2n) is 3.07. The van der Waals surface area contributed by atoms with Gasteiger partial charge in [0, 0.05) is 6.54 Å². The fourth-order valence-electron chi connectivity index (χ4n) is 0.919. The fraction of sp³-hybridized carbons (Fsp3) is 0.556. The minimum Gasteiger partial charge on any atom is -0.464 e. The molecular formula is C9H12F3N3O. The van der Waals surface area contributed by atoms with E-state index < -0.39 is 12.3 Å². The van der Waals surface area contributed by atoms with E-state index in [4.69, 9.17) is 0 Å². The Morgan fingerprint density at radius 2 is 2.12 bits per heavy atom. The van der Waals surface area contributed by atoms with Gasteiger partial charge in [0.05, 0.1) is 12.4 Å². The van der Waals surface area contributed by atoms with Crippen molar-refractivity contribution in [2.45, 2.75) is 26.1 Å². The van der Waals surface area contributed by atoms with Crippen LogP contribution in [0.4, 0.5) is 19.0 Å². The van der Waals surface area contributed by atoms with Crippen LogP contribution in [-0.4, -0.2) is 28.8 Å². The Kier molecular flexibility index (Phi) is 3.92. The van der Waals surface area contributed by atoms with Gasteiger partial charge in [-0.15, -0.1) is 0 Å². The number of hydrogen-bond donors (Lipinski definition) is 1. The lowest BCUT2D eigenvalue weighted by molar-refractivity contribution is -0.190. The summed E-state index contributed by atoms with van der Waals surface area (Å²) in [4.78, 5) is 7.54. The molecule has 1 aromatic rings. The molecule has 1 aromatic heterocycles. The summed E-state index contributed by atoms with van der Waals surface area (Å²) in [5.74, 6) is 0.234. The first kappa shape index (κ1) is 12.5. The summed E-state index contributed by atoms with van der Waals surface area (Å²) in [6, 6.07) is 0. The average molecular weight is 235 g/mol. The lowest BCUT2D eigenvalue weighted by Crippen LogP contribution is -2.31. The lowest BCUT2D eigenvalue weighted by Gasteiger charge is -2.16. The zero-order valence-electron chi connectivity index (χ0n) is 8.88. The van der Waals surface area contributed by atoms with Gasteiger partial charge in [0.25, 0.3) is 0 Å². The molecule has 1 unspecified atom stereocenters. The van der Waals surface area contributed by atoms with Crippen LogP contribution in [0.2, 0.25) is 0 Å². The molecule has 0 fully saturated rings. The first-order chi connectivity index (χ1) is 7.43. The number of aromatic nitrogens is 2. The highest BCUT2D eigenvalue weighted by molar-refractivity contribution is 5.32. The van der Waals surface area contributed by atoms with Crippen molar-refractivity contribution < 1.29 is 17.9 Å². The Morgan fingerprint density at radius 3 is 2.69 bits per heavy atom. The van der Waals surface area contributed by atoms with Gasteiger partial charge in [0.1, 0.15) is 5.82 Å². The summed E-state index contributed by atoms with van der Waals surface area (Å²) in [5.41, 5.74) is 0. The smallest absolute Gasteiger partial charge is 0.425 e. The topological polar surface area (TPSA) is 47.0 Å². The van der Waals surface area contributed by atoms with Crippen LogP contribution in [0.1, 0.15) is 13.8 Å². The number of anilines is 1. The first-order valence-corrected chi connectivity index (χ1v) is 4.72. The molecular weight excluding hydrogens is 223 g/mol. The normalized spacial score (nSPS) is 13.3. The van der Waals surface area contributed by atoms with E-state index in [-0.39, 0.29) is 5.88 Å². The van der Waals surface area contributed by atoms with Crippen molar-refractivity contribution >= 4 is 5.82 Å². The molecule has 16 heavy (non-hydrogen) atoms. The van der Waals surface area contributed by atoms with Crippen molar-refractivity contribution in [2.24, 2.45) is 0 Å². The summed E-state index contributed by atoms with van der Waals surface area (Å²) in [6.07, 6.45) is -3.76. The van der Waals surface area contributed by atoms with Gasteiger partial charge >= 0.3 is 6.18 Å². The molecule has 0 saturated carbocycles. The minimum absolute atomic E-state index is 0.150. The molecule has 0 aliphatic heterocycles. The maximum Gasteiger partial charge on any atom is 0.425 e. The third-order valence-corrected chi connectivity index (χ3v) is 1.73. The Hall–Kier alpha value is -1.53. The van der Waals surface area contributed by atoms with Crippen molar-refractivity contribution in [3.05, 3.63) is 12.4 Å². The van der Waals surface area contributed by atoms with Crippen molar-refractivity contribution in [3.63, 3.8) is 0 Å². The van der Waals surface area contributed by atoms with Crippen LogP contribution >= 0.6 is 0 Å². The number of nitrogens with zero attached hydrogens (tertiary/aromatic N) is 2. The van der Waals surface area contributed by atoms with Gasteiger partial charge < -0.3 is 10.1 Å². The van der Waals surface area contributed by atoms with Gasteiger partial charge in [-0.05, 0) is 13.8 Å². The molecule has 1 heterocycles. The predicted octanol–water partition coefficient (Wildman–Crippen LogP) is 2.24. The molecule has 0 amide bonds. The van der Waals surface area contributed by atoms with Gasteiger partial charge in [-0.25, -0.2) is 0 Å². The van der Waals surface area contributed by atoms with Crippen molar-refractivity contribution in [1.29, 1.82) is 0 Å². The zero-order valence-corrected chi connectivity index (χ0v) is 8.88. The third kappa shape index (κ3) is 3.56. The van der Waals surface area contributed by atoms with E-state index in [1.165, 1.54) is 6.20 Å². The van der Waals surface area contributed by atoms with Crippen LogP contribution in [-0.2, 0) is 0 Å². The van der Waals surface area contributed by atoms with E-state index in [1.807, 2.05) is 6.92 Å². The summed E-state index contributed by atoms with van der Waals surface area (Å²) in [7, 11) is 0. The number of halogens is 3. The lowest BCUT2D eigenvalue weighted by atomic mass is 10.4. The van der Waals surface area contributed by atoms with Gasteiger partial charge in [0.2, 0.25) is 5.88 Å². The molecule has 0 spiro atoms. The Labute approximate surface area is 90.9 Å². The highest BCUT2D eigenvalue weighted by Crippen LogP contribution is 2.23. The second-order valence-corrected chi connectivity index (χ2v) is 3.07. The van der Waals surface area contributed by atoms with Crippen LogP contribution in [0.25, 0.3) is 0 Å². The SMILES string of the molecule is CCNc1cncc(OC(C)C(F)(F)F)n1. The van der Waals surface area contributed by atoms with Gasteiger partial charge in [-0.1, -0.05) is 0 Å². The standard InChI is InChI=1S/C9H12F3N3O/c1-3-14-7-4-13-5-8(15-7)16-6(2)9(10,11)12/h4-6H,3H2,1-2H3,(H,14,15). The van der Waals surface area contributed by atoms with Crippen LogP contribution in [0.15, 0.2) is 12.4 Å². The quantitative estimate of drug-likeness (QED) is 0.869. The van der Waals surface area contributed by atoms with E-state index in [0.717, 1.165) is 13.1 Å². The van der Waals surface area contributed by atoms with Crippen molar-refractivity contribution in [2.75, 3.05) is 11.9 Å². The molecule has 0 aliphatic rings. The number of ether oxygens (including phenoxy) is 1. The maximum atomic E-state index is 12.2. The monoisotopic (exact) mass is 235 g/mol. The average Bonchev–Trinajstić information content (AvgIpc) is 2.17. The zero-order chi connectivity index (χ0) is 12.2. The Balaban J connectivity index is 2.70. The summed E-state index contributed by atoms with van der Waals surface area (Å²) in [5, 5.41) is 2.83. The van der Waals surface area contributed by atoms with Crippen molar-refractivity contribution in [1.82, 2.24) is 9.97 Å².